The molecule has 5 rings (SSSR count). The minimum Gasteiger partial charge on any atom is -0.497 e. The van der Waals surface area contributed by atoms with Crippen molar-refractivity contribution >= 4 is 29.3 Å². The van der Waals surface area contributed by atoms with Crippen molar-refractivity contribution in [1.82, 2.24) is 4.90 Å². The number of hydrogen-bond acceptors (Lipinski definition) is 4. The molecule has 3 aromatic rings. The molecule has 1 saturated heterocycles. The van der Waals surface area contributed by atoms with E-state index in [1.807, 2.05) is 12.1 Å². The highest BCUT2D eigenvalue weighted by Gasteiger charge is 2.59. The van der Waals surface area contributed by atoms with Gasteiger partial charge in [0.05, 0.1) is 19.3 Å². The monoisotopic (exact) mass is 466 g/mol. The Morgan fingerprint density at radius 2 is 1.85 bits per heavy atom. The van der Waals surface area contributed by atoms with E-state index in [2.05, 4.69) is 0 Å². The Balaban J connectivity index is 1.55. The van der Waals surface area contributed by atoms with Gasteiger partial charge in [-0.3, -0.25) is 9.59 Å². The maximum Gasteiger partial charge on any atom is 0.268 e. The van der Waals surface area contributed by atoms with Crippen molar-refractivity contribution in [2.75, 3.05) is 24.3 Å². The zero-order chi connectivity index (χ0) is 23.2. The molecule has 0 aliphatic carbocycles. The number of carbonyl (C=O) groups excluding carboxylic acids is 2. The second-order valence-electron chi connectivity index (χ2n) is 7.82. The summed E-state index contributed by atoms with van der Waals surface area (Å²) in [6, 6.07) is 17.3. The molecule has 5 nitrogen and oxygen atoms in total. The molecule has 168 valence electrons. The summed E-state index contributed by atoms with van der Waals surface area (Å²) in [7, 11) is 1.55. The molecule has 0 unspecified atom stereocenters. The van der Waals surface area contributed by atoms with Crippen LogP contribution in [0.2, 0.25) is 0 Å². The smallest absolute Gasteiger partial charge is 0.268 e. The van der Waals surface area contributed by atoms with Crippen LogP contribution >= 0.6 is 11.8 Å². The number of fused-ring (bicyclic) bond motifs is 2. The molecule has 2 amide bonds. The zero-order valence-corrected chi connectivity index (χ0v) is 18.6. The number of ether oxygens (including phenoxy) is 1. The van der Waals surface area contributed by atoms with Gasteiger partial charge in [-0.05, 0) is 36.4 Å². The lowest BCUT2D eigenvalue weighted by Gasteiger charge is -2.33. The third kappa shape index (κ3) is 3.36. The number of nitrogens with zero attached hydrogens (tertiary/aromatic N) is 2. The zero-order valence-electron chi connectivity index (χ0n) is 17.8. The average molecular weight is 467 g/mol. The van der Waals surface area contributed by atoms with Crippen LogP contribution in [0.5, 0.6) is 5.75 Å². The van der Waals surface area contributed by atoms with Crippen LogP contribution in [0.1, 0.15) is 21.5 Å². The third-order valence-electron chi connectivity index (χ3n) is 6.03. The molecule has 33 heavy (non-hydrogen) atoms. The molecular weight excluding hydrogens is 446 g/mol. The van der Waals surface area contributed by atoms with Crippen molar-refractivity contribution < 1.29 is 23.1 Å². The minimum absolute atomic E-state index is 0.0607. The second-order valence-corrected chi connectivity index (χ2v) is 9.11. The number of rotatable bonds is 4. The Labute approximate surface area is 193 Å². The van der Waals surface area contributed by atoms with Crippen LogP contribution in [0, 0.1) is 11.6 Å². The highest BCUT2D eigenvalue weighted by molar-refractivity contribution is 8.01. The summed E-state index contributed by atoms with van der Waals surface area (Å²) in [5.41, 5.74) is 1.97. The molecule has 0 saturated carbocycles. The molecular formula is C25H20F2N2O3S. The van der Waals surface area contributed by atoms with E-state index in [1.54, 1.807) is 48.4 Å². The highest BCUT2D eigenvalue weighted by Crippen LogP contribution is 2.54. The largest absolute Gasteiger partial charge is 0.497 e. The Hall–Kier alpha value is -3.39. The van der Waals surface area contributed by atoms with Crippen molar-refractivity contribution in [3.63, 3.8) is 0 Å². The Morgan fingerprint density at radius 1 is 1.09 bits per heavy atom. The first-order valence-corrected chi connectivity index (χ1v) is 11.4. The Bertz CT molecular complexity index is 1250. The topological polar surface area (TPSA) is 49.9 Å². The van der Waals surface area contributed by atoms with E-state index in [0.717, 1.165) is 6.07 Å². The summed E-state index contributed by atoms with van der Waals surface area (Å²) in [5.74, 6) is -0.750. The summed E-state index contributed by atoms with van der Waals surface area (Å²) in [6.45, 7) is 0.336. The van der Waals surface area contributed by atoms with E-state index in [-0.39, 0.29) is 23.9 Å². The standard InChI is InChI=1S/C25H20F2N2O3S/c1-32-19-10-7-16(8-11-19)23(30)29-12-13-33-25(29)20-4-2-3-5-22(20)28(24(25)31)15-17-6-9-18(26)14-21(17)27/h2-11,14H,12-13,15H2,1H3/t25-/m1/s1. The first-order valence-electron chi connectivity index (χ1n) is 10.4. The summed E-state index contributed by atoms with van der Waals surface area (Å²) in [6.07, 6.45) is 0. The predicted octanol–water partition coefficient (Wildman–Crippen LogP) is 4.56. The number of thioether (sulfide) groups is 1. The Morgan fingerprint density at radius 3 is 2.58 bits per heavy atom. The molecule has 1 fully saturated rings. The van der Waals surface area contributed by atoms with Gasteiger partial charge in [0.25, 0.3) is 11.8 Å². The van der Waals surface area contributed by atoms with Crippen LogP contribution in [0.15, 0.2) is 66.7 Å². The molecule has 2 aliphatic rings. The molecule has 0 bridgehead atoms. The minimum atomic E-state index is -1.23. The fourth-order valence-corrected chi connectivity index (χ4v) is 5.90. The van der Waals surface area contributed by atoms with Gasteiger partial charge in [0.15, 0.2) is 4.87 Å². The normalized spacial score (nSPS) is 19.3. The van der Waals surface area contributed by atoms with Gasteiger partial charge >= 0.3 is 0 Å². The molecule has 8 heteroatoms. The van der Waals surface area contributed by atoms with Gasteiger partial charge in [-0.1, -0.05) is 24.3 Å². The van der Waals surface area contributed by atoms with Gasteiger partial charge in [-0.15, -0.1) is 11.8 Å². The van der Waals surface area contributed by atoms with Gasteiger partial charge in [0, 0.05) is 35.1 Å². The van der Waals surface area contributed by atoms with Crippen LogP contribution in [-0.4, -0.2) is 36.1 Å². The van der Waals surface area contributed by atoms with E-state index in [0.29, 0.717) is 34.9 Å². The molecule has 2 heterocycles. The first-order chi connectivity index (χ1) is 16.0. The number of halogens is 2. The van der Waals surface area contributed by atoms with E-state index in [4.69, 9.17) is 4.74 Å². The summed E-state index contributed by atoms with van der Waals surface area (Å²) in [5, 5.41) is 0. The van der Waals surface area contributed by atoms with Crippen molar-refractivity contribution in [2.45, 2.75) is 11.4 Å². The van der Waals surface area contributed by atoms with E-state index in [9.17, 15) is 18.4 Å². The van der Waals surface area contributed by atoms with Gasteiger partial charge in [0.1, 0.15) is 17.4 Å². The van der Waals surface area contributed by atoms with Crippen LogP contribution in [-0.2, 0) is 16.2 Å². The summed E-state index contributed by atoms with van der Waals surface area (Å²) in [4.78, 5) is 29.3. The van der Waals surface area contributed by atoms with E-state index >= 15 is 0 Å². The molecule has 1 spiro atoms. The summed E-state index contributed by atoms with van der Waals surface area (Å²) >= 11 is 1.40. The maximum atomic E-state index is 14.4. The summed E-state index contributed by atoms with van der Waals surface area (Å²) < 4.78 is 33.0. The number of hydrogen-bond donors (Lipinski definition) is 0. The fourth-order valence-electron chi connectivity index (χ4n) is 4.43. The first kappa shape index (κ1) is 21.5. The molecule has 0 aromatic heterocycles. The fraction of sp³-hybridized carbons (Fsp3) is 0.200. The van der Waals surface area contributed by atoms with Gasteiger partial charge < -0.3 is 14.5 Å². The number of methoxy groups -OCH3 is 1. The van der Waals surface area contributed by atoms with Gasteiger partial charge in [-0.25, -0.2) is 8.78 Å². The van der Waals surface area contributed by atoms with E-state index in [1.165, 1.54) is 28.8 Å². The molecule has 2 aliphatic heterocycles. The Kier molecular flexibility index (Phi) is 5.32. The third-order valence-corrected chi connectivity index (χ3v) is 7.45. The van der Waals surface area contributed by atoms with Crippen molar-refractivity contribution in [3.8, 4) is 5.75 Å². The average Bonchev–Trinajstić information content (AvgIpc) is 3.37. The van der Waals surface area contributed by atoms with Gasteiger partial charge in [0.2, 0.25) is 0 Å². The molecule has 1 atom stereocenters. The number of carbonyl (C=O) groups is 2. The highest BCUT2D eigenvalue weighted by atomic mass is 32.2. The van der Waals surface area contributed by atoms with Crippen LogP contribution < -0.4 is 9.64 Å². The predicted molar refractivity (Wildman–Crippen MR) is 122 cm³/mol. The van der Waals surface area contributed by atoms with Crippen LogP contribution in [0.4, 0.5) is 14.5 Å². The lowest BCUT2D eigenvalue weighted by molar-refractivity contribution is -0.123. The number of benzene rings is 3. The second kappa shape index (κ2) is 8.19. The number of amides is 2. The number of anilines is 1. The molecule has 3 aromatic carbocycles. The molecule has 0 radical (unpaired) electrons. The quantitative estimate of drug-likeness (QED) is 0.566. The van der Waals surface area contributed by atoms with Crippen LogP contribution in [0.25, 0.3) is 0 Å². The van der Waals surface area contributed by atoms with Crippen LogP contribution in [0.3, 0.4) is 0 Å². The maximum absolute atomic E-state index is 14.4. The van der Waals surface area contributed by atoms with Crippen molar-refractivity contribution in [1.29, 1.82) is 0 Å². The van der Waals surface area contributed by atoms with E-state index < -0.39 is 16.5 Å². The molecule has 0 N–H and O–H groups in total. The van der Waals surface area contributed by atoms with Crippen molar-refractivity contribution in [3.05, 3.63) is 95.1 Å². The lowest BCUT2D eigenvalue weighted by atomic mass is 10.0. The van der Waals surface area contributed by atoms with Crippen molar-refractivity contribution in [2.24, 2.45) is 0 Å². The number of para-hydroxylation sites is 1. The SMILES string of the molecule is COc1ccc(C(=O)N2CCS[C@]23C(=O)N(Cc2ccc(F)cc2F)c2ccccc23)cc1. The lowest BCUT2D eigenvalue weighted by Crippen LogP contribution is -2.50. The van der Waals surface area contributed by atoms with Gasteiger partial charge in [-0.2, -0.15) is 0 Å².